The molecule has 1 unspecified atom stereocenters. The molecule has 2 amide bonds. The van der Waals surface area contributed by atoms with Gasteiger partial charge in [0.05, 0.1) is 22.3 Å². The molecule has 0 radical (unpaired) electrons. The molecule has 0 fully saturated rings. The number of amides is 2. The smallest absolute Gasteiger partial charge is 0.350 e. The Hall–Kier alpha value is -4.83. The van der Waals surface area contributed by atoms with Crippen molar-refractivity contribution in [1.29, 1.82) is 0 Å². The van der Waals surface area contributed by atoms with Crippen molar-refractivity contribution in [1.82, 2.24) is 4.98 Å². The van der Waals surface area contributed by atoms with Crippen LogP contribution in [-0.2, 0) is 15.1 Å². The van der Waals surface area contributed by atoms with Crippen molar-refractivity contribution < 1.29 is 23.5 Å². The lowest BCUT2D eigenvalue weighted by Gasteiger charge is -2.32. The highest BCUT2D eigenvalue weighted by atomic mass is 32.1. The molecule has 0 bridgehead atoms. The first-order valence-electron chi connectivity index (χ1n) is 12.9. The SMILES string of the molecule is C=CCOC(=O)c1sc(N2C(=O)c3oc4cc(C)c(C)cc4c(=O)c3C23C(=O)N(CC=C)c2ccccc23)nc1C. The van der Waals surface area contributed by atoms with Crippen LogP contribution < -0.4 is 15.2 Å². The van der Waals surface area contributed by atoms with E-state index in [0.717, 1.165) is 22.5 Å². The molecule has 0 saturated carbocycles. The normalized spacial score (nSPS) is 17.3. The average Bonchev–Trinajstić information content (AvgIpc) is 3.54. The van der Waals surface area contributed by atoms with Gasteiger partial charge in [-0.15, -0.1) is 6.58 Å². The summed E-state index contributed by atoms with van der Waals surface area (Å²) in [4.78, 5) is 63.5. The molecule has 0 aliphatic carbocycles. The molecular weight excluding hydrogens is 542 g/mol. The molecule has 9 nitrogen and oxygen atoms in total. The number of anilines is 2. The monoisotopic (exact) mass is 567 g/mol. The van der Waals surface area contributed by atoms with Gasteiger partial charge in [0.15, 0.2) is 16.1 Å². The minimum Gasteiger partial charge on any atom is -0.457 e. The summed E-state index contributed by atoms with van der Waals surface area (Å²) in [7, 11) is 0. The lowest BCUT2D eigenvalue weighted by Crippen LogP contribution is -2.53. The third kappa shape index (κ3) is 3.50. The Morgan fingerprint density at radius 3 is 2.56 bits per heavy atom. The number of benzene rings is 2. The number of ether oxygens (including phenoxy) is 1. The maximum absolute atomic E-state index is 14.6. The number of aromatic nitrogens is 1. The first-order chi connectivity index (χ1) is 19.7. The number of thiazole rings is 1. The lowest BCUT2D eigenvalue weighted by atomic mass is 9.84. The van der Waals surface area contributed by atoms with Crippen LogP contribution in [0.4, 0.5) is 10.8 Å². The van der Waals surface area contributed by atoms with Gasteiger partial charge in [-0.2, -0.15) is 0 Å². The van der Waals surface area contributed by atoms with Gasteiger partial charge in [0.1, 0.15) is 17.1 Å². The summed E-state index contributed by atoms with van der Waals surface area (Å²) in [5, 5.41) is 0.321. The predicted octanol–water partition coefficient (Wildman–Crippen LogP) is 4.95. The van der Waals surface area contributed by atoms with Crippen LogP contribution in [0.1, 0.15) is 48.2 Å². The molecule has 10 heteroatoms. The number of hydrogen-bond acceptors (Lipinski definition) is 8. The van der Waals surface area contributed by atoms with Crippen LogP contribution in [0.5, 0.6) is 0 Å². The van der Waals surface area contributed by atoms with Crippen molar-refractivity contribution in [2.75, 3.05) is 23.0 Å². The van der Waals surface area contributed by atoms with Crippen molar-refractivity contribution in [3.63, 3.8) is 0 Å². The predicted molar refractivity (Wildman–Crippen MR) is 156 cm³/mol. The minimum absolute atomic E-state index is 0.00422. The fraction of sp³-hybridized carbons (Fsp3) is 0.194. The van der Waals surface area contributed by atoms with Gasteiger partial charge in [-0.1, -0.05) is 48.3 Å². The Morgan fingerprint density at radius 1 is 1.10 bits per heavy atom. The molecule has 206 valence electrons. The number of aryl methyl sites for hydroxylation is 3. The van der Waals surface area contributed by atoms with Crippen LogP contribution in [0.2, 0.25) is 0 Å². The molecule has 2 aliphatic heterocycles. The summed E-state index contributed by atoms with van der Waals surface area (Å²) >= 11 is 0.907. The van der Waals surface area contributed by atoms with Gasteiger partial charge in [-0.25, -0.2) is 9.78 Å². The number of para-hydroxylation sites is 1. The second-order valence-electron chi connectivity index (χ2n) is 9.94. The molecule has 2 aliphatic rings. The average molecular weight is 568 g/mol. The summed E-state index contributed by atoms with van der Waals surface area (Å²) < 4.78 is 11.4. The first-order valence-corrected chi connectivity index (χ1v) is 13.7. The summed E-state index contributed by atoms with van der Waals surface area (Å²) in [6.07, 6.45) is 3.02. The molecule has 4 heterocycles. The fourth-order valence-electron chi connectivity index (χ4n) is 5.60. The molecule has 0 N–H and O–H groups in total. The van der Waals surface area contributed by atoms with Crippen molar-refractivity contribution in [2.45, 2.75) is 26.3 Å². The van der Waals surface area contributed by atoms with Crippen LogP contribution in [0.15, 0.2) is 70.9 Å². The number of nitrogens with zero attached hydrogens (tertiary/aromatic N) is 3. The van der Waals surface area contributed by atoms with E-state index in [1.54, 1.807) is 49.4 Å². The first kappa shape index (κ1) is 26.4. The number of carbonyl (C=O) groups excluding carboxylic acids is 3. The van der Waals surface area contributed by atoms with E-state index in [1.807, 2.05) is 13.8 Å². The summed E-state index contributed by atoms with van der Waals surface area (Å²) in [5.74, 6) is -2.11. The van der Waals surface area contributed by atoms with E-state index in [2.05, 4.69) is 18.1 Å². The number of rotatable bonds is 6. The maximum Gasteiger partial charge on any atom is 0.350 e. The summed E-state index contributed by atoms with van der Waals surface area (Å²) in [5.41, 5.74) is 0.794. The van der Waals surface area contributed by atoms with E-state index in [4.69, 9.17) is 9.15 Å². The third-order valence-corrected chi connectivity index (χ3v) is 8.67. The van der Waals surface area contributed by atoms with Gasteiger partial charge in [0, 0.05) is 12.1 Å². The van der Waals surface area contributed by atoms with Gasteiger partial charge >= 0.3 is 5.97 Å². The van der Waals surface area contributed by atoms with E-state index < -0.39 is 28.8 Å². The van der Waals surface area contributed by atoms with E-state index in [0.29, 0.717) is 16.9 Å². The molecule has 2 aromatic heterocycles. The highest BCUT2D eigenvalue weighted by Crippen LogP contribution is 2.54. The van der Waals surface area contributed by atoms with Crippen LogP contribution in [0.3, 0.4) is 0 Å². The Balaban J connectivity index is 1.70. The van der Waals surface area contributed by atoms with Gasteiger partial charge in [0.2, 0.25) is 5.76 Å². The van der Waals surface area contributed by atoms with Crippen LogP contribution >= 0.6 is 11.3 Å². The Labute approximate surface area is 239 Å². The van der Waals surface area contributed by atoms with Crippen molar-refractivity contribution in [3.8, 4) is 0 Å². The second-order valence-corrected chi connectivity index (χ2v) is 10.9. The molecule has 6 rings (SSSR count). The zero-order chi connectivity index (χ0) is 29.2. The molecule has 1 atom stereocenters. The van der Waals surface area contributed by atoms with Crippen molar-refractivity contribution in [2.24, 2.45) is 0 Å². The van der Waals surface area contributed by atoms with Gasteiger partial charge in [-0.3, -0.25) is 19.3 Å². The molecule has 1 spiro atoms. The highest BCUT2D eigenvalue weighted by Gasteiger charge is 2.66. The number of hydrogen-bond donors (Lipinski definition) is 0. The van der Waals surface area contributed by atoms with E-state index in [9.17, 15) is 19.2 Å². The van der Waals surface area contributed by atoms with Crippen LogP contribution in [0.25, 0.3) is 11.0 Å². The second kappa shape index (κ2) is 9.38. The fourth-order valence-corrected chi connectivity index (χ4v) is 6.61. The van der Waals surface area contributed by atoms with E-state index >= 15 is 0 Å². The number of fused-ring (bicyclic) bond motifs is 5. The number of esters is 1. The zero-order valence-corrected chi connectivity index (χ0v) is 23.5. The van der Waals surface area contributed by atoms with E-state index in [-0.39, 0.29) is 45.5 Å². The van der Waals surface area contributed by atoms with Gasteiger partial charge in [-0.05, 0) is 50.1 Å². The lowest BCUT2D eigenvalue weighted by molar-refractivity contribution is -0.121. The third-order valence-electron chi connectivity index (χ3n) is 7.55. The Bertz CT molecular complexity index is 1900. The largest absolute Gasteiger partial charge is 0.457 e. The molecule has 2 aromatic carbocycles. The minimum atomic E-state index is -1.91. The highest BCUT2D eigenvalue weighted by molar-refractivity contribution is 7.17. The molecule has 41 heavy (non-hydrogen) atoms. The van der Waals surface area contributed by atoms with E-state index in [1.165, 1.54) is 15.9 Å². The topological polar surface area (TPSA) is 110 Å². The standard InChI is InChI=1S/C31H25N3O6S/c1-6-12-33-21-11-9-8-10-20(21)31(29(33)38)23-24(35)19-14-16(3)17(4)15-22(19)40-25(23)27(36)34(31)30-32-18(5)26(41-30)28(37)39-13-7-2/h6-11,14-15H,1-2,12-13H2,3-5H3. The Morgan fingerprint density at radius 2 is 1.83 bits per heavy atom. The quantitative estimate of drug-likeness (QED) is 0.239. The summed E-state index contributed by atoms with van der Waals surface area (Å²) in [6.45, 7) is 12.9. The molecule has 4 aromatic rings. The van der Waals surface area contributed by atoms with Gasteiger partial charge < -0.3 is 14.1 Å². The number of carbonyl (C=O) groups is 3. The Kier molecular flexibility index (Phi) is 6.04. The van der Waals surface area contributed by atoms with Crippen molar-refractivity contribution >= 4 is 50.9 Å². The molecular formula is C31H25N3O6S. The van der Waals surface area contributed by atoms with Gasteiger partial charge in [0.25, 0.3) is 11.8 Å². The zero-order valence-electron chi connectivity index (χ0n) is 22.6. The summed E-state index contributed by atoms with van der Waals surface area (Å²) in [6, 6.07) is 10.4. The van der Waals surface area contributed by atoms with Crippen molar-refractivity contribution in [3.05, 3.63) is 111 Å². The van der Waals surface area contributed by atoms with Crippen LogP contribution in [0, 0.1) is 20.8 Å². The molecule has 0 saturated heterocycles. The maximum atomic E-state index is 14.6. The van der Waals surface area contributed by atoms with Crippen LogP contribution in [-0.4, -0.2) is 35.9 Å².